The Kier molecular flexibility index (Phi) is 9.84. The van der Waals surface area contributed by atoms with Crippen LogP contribution in [0, 0.1) is 17.9 Å². The number of fused-ring (bicyclic) bond motifs is 3. The van der Waals surface area contributed by atoms with Gasteiger partial charge in [0.05, 0.1) is 17.1 Å². The number of aromatic nitrogens is 3. The van der Waals surface area contributed by atoms with Crippen LogP contribution in [0.1, 0.15) is 33.3 Å². The van der Waals surface area contributed by atoms with Crippen molar-refractivity contribution in [3.63, 3.8) is 0 Å². The summed E-state index contributed by atoms with van der Waals surface area (Å²) in [7, 11) is 0. The van der Waals surface area contributed by atoms with Crippen LogP contribution in [0.4, 0.5) is 13.2 Å². The zero-order valence-electron chi connectivity index (χ0n) is 20.1. The van der Waals surface area contributed by atoms with Gasteiger partial charge in [0, 0.05) is 72.8 Å². The van der Waals surface area contributed by atoms with Crippen molar-refractivity contribution in [2.45, 2.75) is 33.9 Å². The van der Waals surface area contributed by atoms with Gasteiger partial charge in [0.1, 0.15) is 0 Å². The Hall–Kier alpha value is -3.16. The number of aliphatic hydroxyl groups is 1. The predicted molar refractivity (Wildman–Crippen MR) is 130 cm³/mol. The summed E-state index contributed by atoms with van der Waals surface area (Å²) in [5.74, 6) is 0.494. The van der Waals surface area contributed by atoms with Crippen LogP contribution >= 0.6 is 0 Å². The molecular weight excluding hydrogens is 648 g/mol. The van der Waals surface area contributed by atoms with E-state index in [1.807, 2.05) is 45.9 Å². The monoisotopic (exact) mass is 673 g/mol. The molecule has 2 heterocycles. The molecule has 0 amide bonds. The fourth-order valence-corrected chi connectivity index (χ4v) is 3.01. The number of alkyl halides is 3. The maximum atomic E-state index is 12.6. The molecule has 0 fully saturated rings. The number of hydrogen-bond donors (Lipinski definition) is 1. The molecule has 0 saturated heterocycles. The van der Waals surface area contributed by atoms with Gasteiger partial charge in [-0.2, -0.15) is 13.2 Å². The number of benzene rings is 2. The van der Waals surface area contributed by atoms with E-state index in [4.69, 9.17) is 0 Å². The van der Waals surface area contributed by atoms with Crippen molar-refractivity contribution in [1.82, 2.24) is 15.0 Å². The van der Waals surface area contributed by atoms with Gasteiger partial charge in [-0.15, -0.1) is 29.8 Å². The van der Waals surface area contributed by atoms with Crippen LogP contribution < -0.4 is 0 Å². The van der Waals surface area contributed by atoms with Gasteiger partial charge in [0.25, 0.3) is 0 Å². The summed E-state index contributed by atoms with van der Waals surface area (Å²) in [6, 6.07) is 11.5. The van der Waals surface area contributed by atoms with Crippen LogP contribution in [-0.2, 0) is 31.1 Å². The minimum atomic E-state index is -4.39. The maximum absolute atomic E-state index is 12.6. The van der Waals surface area contributed by atoms with Crippen molar-refractivity contribution < 1.29 is 43.2 Å². The van der Waals surface area contributed by atoms with E-state index >= 15 is 0 Å². The van der Waals surface area contributed by atoms with Crippen LogP contribution in [0.15, 0.2) is 66.8 Å². The molecule has 0 saturated carbocycles. The molecule has 5 nitrogen and oxygen atoms in total. The first-order chi connectivity index (χ1) is 16.5. The summed E-state index contributed by atoms with van der Waals surface area (Å²) in [4.78, 5) is 23.8. The number of ketones is 1. The number of allylic oxidation sites excluding steroid dienone is 2. The molecule has 4 rings (SSSR count). The molecule has 0 atom stereocenters. The van der Waals surface area contributed by atoms with E-state index in [1.54, 1.807) is 18.6 Å². The molecule has 0 spiro atoms. The summed E-state index contributed by atoms with van der Waals surface area (Å²) in [5.41, 5.74) is 0.396. The number of pyridine rings is 1. The Morgan fingerprint density at radius 3 is 2.28 bits per heavy atom. The predicted octanol–water partition coefficient (Wildman–Crippen LogP) is 6.97. The van der Waals surface area contributed by atoms with E-state index in [9.17, 15) is 23.1 Å². The Balaban J connectivity index is 0.000000327. The minimum Gasteiger partial charge on any atom is -0.512 e. The average molecular weight is 673 g/mol. The molecule has 1 radical (unpaired) electrons. The van der Waals surface area contributed by atoms with Crippen LogP contribution in [0.5, 0.6) is 0 Å². The molecule has 1 N–H and O–H groups in total. The summed E-state index contributed by atoms with van der Waals surface area (Å²) in [6.45, 7) is 7.32. The number of carbonyl (C=O) groups excluding carboxylic acids is 1. The van der Waals surface area contributed by atoms with E-state index in [0.29, 0.717) is 11.4 Å². The first-order valence-corrected chi connectivity index (χ1v) is 11.0. The second-order valence-electron chi connectivity index (χ2n) is 8.56. The molecule has 9 heteroatoms. The average Bonchev–Trinajstić information content (AvgIpc) is 2.83. The van der Waals surface area contributed by atoms with E-state index in [-0.39, 0.29) is 43.5 Å². The molecule has 2 aromatic heterocycles. The van der Waals surface area contributed by atoms with Gasteiger partial charge in [0.2, 0.25) is 0 Å². The van der Waals surface area contributed by atoms with Crippen molar-refractivity contribution >= 4 is 27.5 Å². The van der Waals surface area contributed by atoms with Crippen molar-refractivity contribution in [2.75, 3.05) is 0 Å². The Bertz CT molecular complexity index is 1370. The van der Waals surface area contributed by atoms with E-state index in [2.05, 4.69) is 21.0 Å². The van der Waals surface area contributed by atoms with Crippen LogP contribution in [0.3, 0.4) is 0 Å². The fraction of sp³-hybridized carbons (Fsp3) is 0.259. The minimum absolute atomic E-state index is 0. The molecule has 0 aliphatic heterocycles. The normalized spacial score (nSPS) is 11.9. The third-order valence-corrected chi connectivity index (χ3v) is 5.20. The second kappa shape index (κ2) is 12.2. The molecular formula is C27H25F3IrN3O2-. The van der Waals surface area contributed by atoms with Crippen molar-refractivity contribution in [3.05, 3.63) is 78.5 Å². The van der Waals surface area contributed by atoms with E-state index in [1.165, 1.54) is 12.1 Å². The van der Waals surface area contributed by atoms with Gasteiger partial charge in [0.15, 0.2) is 5.78 Å². The number of aliphatic hydroxyl groups excluding tert-OH is 1. The molecule has 2 aromatic carbocycles. The summed E-state index contributed by atoms with van der Waals surface area (Å²) >= 11 is 0. The van der Waals surface area contributed by atoms with Crippen molar-refractivity contribution in [3.8, 4) is 11.4 Å². The van der Waals surface area contributed by atoms with Crippen molar-refractivity contribution in [2.24, 2.45) is 11.8 Å². The number of carbonyl (C=O) groups is 1. The Morgan fingerprint density at radius 1 is 1.00 bits per heavy atom. The number of halogens is 3. The largest absolute Gasteiger partial charge is 0.512 e. The molecule has 0 aliphatic rings. The summed E-state index contributed by atoms with van der Waals surface area (Å²) in [6.07, 6.45) is 2.00. The third-order valence-electron chi connectivity index (χ3n) is 5.20. The fourth-order valence-electron chi connectivity index (χ4n) is 3.01. The molecule has 0 unspecified atom stereocenters. The molecule has 0 aliphatic carbocycles. The zero-order valence-corrected chi connectivity index (χ0v) is 22.5. The van der Waals surface area contributed by atoms with Gasteiger partial charge in [-0.3, -0.25) is 19.7 Å². The number of nitrogens with zero attached hydrogens (tertiary/aromatic N) is 3. The van der Waals surface area contributed by atoms with E-state index < -0.39 is 11.7 Å². The second-order valence-corrected chi connectivity index (χ2v) is 8.56. The smallest absolute Gasteiger partial charge is 0.381 e. The molecule has 4 aromatic rings. The Labute approximate surface area is 220 Å². The first kappa shape index (κ1) is 29.1. The molecule has 191 valence electrons. The van der Waals surface area contributed by atoms with E-state index in [0.717, 1.165) is 33.8 Å². The molecule has 0 bridgehead atoms. The van der Waals surface area contributed by atoms with Crippen molar-refractivity contribution in [1.29, 1.82) is 0 Å². The first-order valence-electron chi connectivity index (χ1n) is 11.0. The zero-order chi connectivity index (χ0) is 25.8. The quantitative estimate of drug-likeness (QED) is 0.110. The molecule has 36 heavy (non-hydrogen) atoms. The number of rotatable bonds is 4. The number of hydrogen-bond acceptors (Lipinski definition) is 5. The van der Waals surface area contributed by atoms with Crippen LogP contribution in [-0.4, -0.2) is 25.8 Å². The third kappa shape index (κ3) is 7.18. The van der Waals surface area contributed by atoms with Gasteiger partial charge in [-0.1, -0.05) is 39.8 Å². The SMILES string of the molecule is CC(C)C(=O)/C=C(\O)C(C)C.FC(F)(F)c1c[c-]c(-c2ncc3ccc4cnccc4c3n2)cc1.[Ir]. The van der Waals surface area contributed by atoms with Crippen LogP contribution in [0.25, 0.3) is 33.1 Å². The summed E-state index contributed by atoms with van der Waals surface area (Å²) in [5, 5.41) is 11.9. The maximum Gasteiger partial charge on any atom is 0.381 e. The van der Waals surface area contributed by atoms with Crippen LogP contribution in [0.2, 0.25) is 0 Å². The summed E-state index contributed by atoms with van der Waals surface area (Å²) < 4.78 is 37.9. The van der Waals surface area contributed by atoms with Gasteiger partial charge < -0.3 is 5.11 Å². The van der Waals surface area contributed by atoms with Gasteiger partial charge in [-0.05, 0) is 11.6 Å². The van der Waals surface area contributed by atoms with Gasteiger partial charge >= 0.3 is 6.18 Å². The standard InChI is InChI=1S/C18H9F3N3.C9H16O2.Ir/c19-18(20,21)14-5-3-11(4-6-14)17-23-10-13-2-1-12-9-22-8-7-15(12)16(13)24-17;1-6(2)8(10)5-9(11)7(3)4;/h1-3,5-10H;5-7,10H,1-4H3;/q-1;;/b;8-5-;. The Morgan fingerprint density at radius 2 is 1.69 bits per heavy atom. The topological polar surface area (TPSA) is 76.0 Å². The van der Waals surface area contributed by atoms with Gasteiger partial charge in [-0.25, -0.2) is 0 Å².